The number of amides is 1. The smallest absolute Gasteiger partial charge is 0.243 e. The third-order valence-electron chi connectivity index (χ3n) is 3.15. The molecule has 3 rings (SSSR count). The Kier molecular flexibility index (Phi) is 3.01. The lowest BCUT2D eigenvalue weighted by atomic mass is 10.2. The first-order valence-electron chi connectivity index (χ1n) is 6.14. The number of carbonyl (C=O) groups is 1. The third-order valence-corrected chi connectivity index (χ3v) is 4.08. The van der Waals surface area contributed by atoms with Crippen LogP contribution >= 0.6 is 11.3 Å². The van der Waals surface area contributed by atoms with Gasteiger partial charge in [-0.15, -0.1) is 0 Å². The van der Waals surface area contributed by atoms with Gasteiger partial charge in [0.05, 0.1) is 16.3 Å². The topological polar surface area (TPSA) is 54.0 Å². The highest BCUT2D eigenvalue weighted by Gasteiger charge is 2.22. The minimum Gasteiger partial charge on any atom is -0.306 e. The van der Waals surface area contributed by atoms with Gasteiger partial charge in [-0.2, -0.15) is 0 Å². The van der Waals surface area contributed by atoms with Crippen molar-refractivity contribution in [2.24, 2.45) is 0 Å². The standard InChI is InChI=1S/C13H15N3OS/c1-8-4-5-9-11(7-8)18-13(15-9)16-12(17)10-3-2-6-14-10/h4-5,7,10,14H,2-3,6H2,1H3,(H,15,16,17). The second kappa shape index (κ2) is 4.66. The first-order chi connectivity index (χ1) is 8.72. The molecule has 1 aromatic carbocycles. The van der Waals surface area contributed by atoms with Gasteiger partial charge < -0.3 is 10.6 Å². The molecule has 2 heterocycles. The van der Waals surface area contributed by atoms with Gasteiger partial charge in [0.1, 0.15) is 0 Å². The van der Waals surface area contributed by atoms with E-state index in [2.05, 4.69) is 28.6 Å². The molecule has 1 aliphatic heterocycles. The van der Waals surface area contributed by atoms with Gasteiger partial charge in [-0.1, -0.05) is 17.4 Å². The van der Waals surface area contributed by atoms with Crippen LogP contribution in [0, 0.1) is 6.92 Å². The molecule has 4 nitrogen and oxygen atoms in total. The SMILES string of the molecule is Cc1ccc2nc(NC(=O)C3CCCN3)sc2c1. The molecule has 1 unspecified atom stereocenters. The monoisotopic (exact) mass is 261 g/mol. The van der Waals surface area contributed by atoms with Crippen molar-refractivity contribution in [3.05, 3.63) is 23.8 Å². The number of nitrogens with one attached hydrogen (secondary N) is 2. The summed E-state index contributed by atoms with van der Waals surface area (Å²) in [7, 11) is 0. The summed E-state index contributed by atoms with van der Waals surface area (Å²) in [5.74, 6) is 0.0308. The maximum atomic E-state index is 12.0. The van der Waals surface area contributed by atoms with E-state index in [4.69, 9.17) is 0 Å². The fourth-order valence-electron chi connectivity index (χ4n) is 2.19. The molecule has 2 N–H and O–H groups in total. The van der Waals surface area contributed by atoms with E-state index in [1.807, 2.05) is 12.1 Å². The normalized spacial score (nSPS) is 19.3. The quantitative estimate of drug-likeness (QED) is 0.872. The molecular formula is C13H15N3OS. The van der Waals surface area contributed by atoms with Crippen LogP contribution in [-0.4, -0.2) is 23.5 Å². The molecule has 0 bridgehead atoms. The second-order valence-corrected chi connectivity index (χ2v) is 5.66. The van der Waals surface area contributed by atoms with Gasteiger partial charge in [0.2, 0.25) is 5.91 Å². The lowest BCUT2D eigenvalue weighted by molar-refractivity contribution is -0.117. The van der Waals surface area contributed by atoms with Crippen LogP contribution in [0.4, 0.5) is 5.13 Å². The zero-order chi connectivity index (χ0) is 12.5. The van der Waals surface area contributed by atoms with Crippen molar-refractivity contribution in [3.63, 3.8) is 0 Å². The Morgan fingerprint density at radius 2 is 2.44 bits per heavy atom. The summed E-state index contributed by atoms with van der Waals surface area (Å²) in [6, 6.07) is 6.06. The molecule has 0 aliphatic carbocycles. The van der Waals surface area contributed by atoms with Crippen molar-refractivity contribution >= 4 is 32.6 Å². The lowest BCUT2D eigenvalue weighted by Gasteiger charge is -2.08. The maximum absolute atomic E-state index is 12.0. The van der Waals surface area contributed by atoms with Crippen LogP contribution in [0.2, 0.25) is 0 Å². The Hall–Kier alpha value is -1.46. The molecule has 1 atom stereocenters. The van der Waals surface area contributed by atoms with Crippen LogP contribution < -0.4 is 10.6 Å². The number of fused-ring (bicyclic) bond motifs is 1. The number of hydrogen-bond acceptors (Lipinski definition) is 4. The van der Waals surface area contributed by atoms with Crippen LogP contribution in [0.5, 0.6) is 0 Å². The highest BCUT2D eigenvalue weighted by molar-refractivity contribution is 7.22. The minimum absolute atomic E-state index is 0.0308. The molecule has 1 amide bonds. The molecule has 0 radical (unpaired) electrons. The van der Waals surface area contributed by atoms with Crippen molar-refractivity contribution in [2.75, 3.05) is 11.9 Å². The van der Waals surface area contributed by atoms with Gasteiger partial charge in [0, 0.05) is 0 Å². The van der Waals surface area contributed by atoms with Gasteiger partial charge in [0.15, 0.2) is 5.13 Å². The van der Waals surface area contributed by atoms with E-state index in [-0.39, 0.29) is 11.9 Å². The van der Waals surface area contributed by atoms with E-state index in [0.29, 0.717) is 5.13 Å². The molecule has 94 valence electrons. The molecule has 1 aliphatic rings. The zero-order valence-electron chi connectivity index (χ0n) is 10.2. The van der Waals surface area contributed by atoms with Crippen LogP contribution in [0.25, 0.3) is 10.2 Å². The molecule has 1 fully saturated rings. The molecule has 2 aromatic rings. The predicted molar refractivity (Wildman–Crippen MR) is 74.0 cm³/mol. The zero-order valence-corrected chi connectivity index (χ0v) is 11.0. The summed E-state index contributed by atoms with van der Waals surface area (Å²) in [6.07, 6.45) is 1.98. The largest absolute Gasteiger partial charge is 0.306 e. The number of hydrogen-bond donors (Lipinski definition) is 2. The predicted octanol–water partition coefficient (Wildman–Crippen LogP) is 2.30. The van der Waals surface area contributed by atoms with Crippen molar-refractivity contribution in [3.8, 4) is 0 Å². The van der Waals surface area contributed by atoms with Gasteiger partial charge in [-0.05, 0) is 44.0 Å². The average Bonchev–Trinajstić information content (AvgIpc) is 2.95. The summed E-state index contributed by atoms with van der Waals surface area (Å²) < 4.78 is 1.12. The third kappa shape index (κ3) is 2.23. The number of thiazole rings is 1. The first-order valence-corrected chi connectivity index (χ1v) is 6.95. The highest BCUT2D eigenvalue weighted by Crippen LogP contribution is 2.26. The van der Waals surface area contributed by atoms with Crippen LogP contribution in [-0.2, 0) is 4.79 Å². The summed E-state index contributed by atoms with van der Waals surface area (Å²) in [5.41, 5.74) is 2.15. The fraction of sp³-hybridized carbons (Fsp3) is 0.385. The molecule has 5 heteroatoms. The van der Waals surface area contributed by atoms with E-state index < -0.39 is 0 Å². The van der Waals surface area contributed by atoms with Crippen LogP contribution in [0.1, 0.15) is 18.4 Å². The molecule has 0 spiro atoms. The number of benzene rings is 1. The molecule has 1 aromatic heterocycles. The van der Waals surface area contributed by atoms with E-state index in [0.717, 1.165) is 29.6 Å². The van der Waals surface area contributed by atoms with Crippen LogP contribution in [0.15, 0.2) is 18.2 Å². The van der Waals surface area contributed by atoms with E-state index in [1.54, 1.807) is 0 Å². The Labute approximate surface area is 109 Å². The highest BCUT2D eigenvalue weighted by atomic mass is 32.1. The van der Waals surface area contributed by atoms with Gasteiger partial charge in [0.25, 0.3) is 0 Å². The van der Waals surface area contributed by atoms with Crippen molar-refractivity contribution in [2.45, 2.75) is 25.8 Å². The fourth-order valence-corrected chi connectivity index (χ4v) is 3.15. The molecule has 18 heavy (non-hydrogen) atoms. The summed E-state index contributed by atoms with van der Waals surface area (Å²) in [6.45, 7) is 2.98. The summed E-state index contributed by atoms with van der Waals surface area (Å²) >= 11 is 1.53. The maximum Gasteiger partial charge on any atom is 0.243 e. The second-order valence-electron chi connectivity index (χ2n) is 4.63. The Morgan fingerprint density at radius 1 is 1.56 bits per heavy atom. The van der Waals surface area contributed by atoms with Gasteiger partial charge >= 0.3 is 0 Å². The Morgan fingerprint density at radius 3 is 3.22 bits per heavy atom. The number of carbonyl (C=O) groups excluding carboxylic acids is 1. The van der Waals surface area contributed by atoms with E-state index >= 15 is 0 Å². The summed E-state index contributed by atoms with van der Waals surface area (Å²) in [4.78, 5) is 16.4. The Balaban J connectivity index is 1.79. The Bertz CT molecular complexity index is 587. The van der Waals surface area contributed by atoms with Gasteiger partial charge in [-0.25, -0.2) is 4.98 Å². The minimum atomic E-state index is -0.0567. The van der Waals surface area contributed by atoms with Crippen LogP contribution in [0.3, 0.4) is 0 Å². The first kappa shape index (κ1) is 11.6. The molecular weight excluding hydrogens is 246 g/mol. The lowest BCUT2D eigenvalue weighted by Crippen LogP contribution is -2.35. The number of rotatable bonds is 2. The number of aryl methyl sites for hydroxylation is 1. The van der Waals surface area contributed by atoms with Crippen molar-refractivity contribution < 1.29 is 4.79 Å². The number of nitrogens with zero attached hydrogens (tertiary/aromatic N) is 1. The van der Waals surface area contributed by atoms with Crippen molar-refractivity contribution in [1.29, 1.82) is 0 Å². The van der Waals surface area contributed by atoms with E-state index in [1.165, 1.54) is 16.9 Å². The van der Waals surface area contributed by atoms with E-state index in [9.17, 15) is 4.79 Å². The molecule has 0 saturated carbocycles. The number of anilines is 1. The number of aromatic nitrogens is 1. The summed E-state index contributed by atoms with van der Waals surface area (Å²) in [5, 5.41) is 6.77. The molecule has 1 saturated heterocycles. The average molecular weight is 261 g/mol. The van der Waals surface area contributed by atoms with Gasteiger partial charge in [-0.3, -0.25) is 4.79 Å². The van der Waals surface area contributed by atoms with Crippen molar-refractivity contribution in [1.82, 2.24) is 10.3 Å².